The van der Waals surface area contributed by atoms with E-state index >= 15 is 0 Å². The van der Waals surface area contributed by atoms with Gasteiger partial charge in [-0.05, 0) is 12.0 Å². The molecule has 1 aromatic carbocycles. The monoisotopic (exact) mass is 175 g/mol. The molecule has 1 aliphatic rings. The lowest BCUT2D eigenvalue weighted by Gasteiger charge is -2.08. The van der Waals surface area contributed by atoms with Gasteiger partial charge in [-0.1, -0.05) is 30.3 Å². The maximum atomic E-state index is 11.0. The van der Waals surface area contributed by atoms with Gasteiger partial charge in [-0.15, -0.1) is 0 Å². The van der Waals surface area contributed by atoms with Crippen LogP contribution in [-0.4, -0.2) is 18.4 Å². The Bertz CT molecular complexity index is 294. The molecule has 0 radical (unpaired) electrons. The van der Waals surface area contributed by atoms with Crippen LogP contribution in [0.2, 0.25) is 0 Å². The van der Waals surface area contributed by atoms with Gasteiger partial charge in [0.05, 0.1) is 6.54 Å². The molecule has 0 bridgehead atoms. The van der Waals surface area contributed by atoms with Gasteiger partial charge in [0.2, 0.25) is 0 Å². The minimum absolute atomic E-state index is 0.334. The van der Waals surface area contributed by atoms with Crippen molar-refractivity contribution < 1.29 is 4.79 Å². The molecule has 0 aliphatic carbocycles. The summed E-state index contributed by atoms with van der Waals surface area (Å²) >= 11 is 0. The van der Waals surface area contributed by atoms with E-state index in [9.17, 15) is 4.79 Å². The van der Waals surface area contributed by atoms with E-state index in [1.165, 1.54) is 5.56 Å². The highest BCUT2D eigenvalue weighted by molar-refractivity contribution is 5.83. The van der Waals surface area contributed by atoms with Gasteiger partial charge in [0.25, 0.3) is 0 Å². The fraction of sp³-hybridized carbons (Fsp3) is 0.364. The van der Waals surface area contributed by atoms with Crippen molar-refractivity contribution in [3.05, 3.63) is 35.9 Å². The molecule has 1 fully saturated rings. The van der Waals surface area contributed by atoms with E-state index < -0.39 is 0 Å². The van der Waals surface area contributed by atoms with Crippen LogP contribution in [0.25, 0.3) is 0 Å². The van der Waals surface area contributed by atoms with Crippen LogP contribution in [0.1, 0.15) is 12.0 Å². The molecular weight excluding hydrogens is 162 g/mol. The van der Waals surface area contributed by atoms with Gasteiger partial charge in [0.15, 0.2) is 0 Å². The zero-order chi connectivity index (χ0) is 9.10. The lowest BCUT2D eigenvalue weighted by atomic mass is 10.0. The topological polar surface area (TPSA) is 29.1 Å². The summed E-state index contributed by atoms with van der Waals surface area (Å²) in [6.45, 7) is 0.553. The van der Waals surface area contributed by atoms with Crippen molar-refractivity contribution in [1.82, 2.24) is 5.32 Å². The van der Waals surface area contributed by atoms with Crippen molar-refractivity contribution in [1.29, 1.82) is 0 Å². The van der Waals surface area contributed by atoms with Crippen LogP contribution in [-0.2, 0) is 11.2 Å². The molecular formula is C11H13NO. The van der Waals surface area contributed by atoms with Crippen molar-refractivity contribution >= 4 is 5.78 Å². The Balaban J connectivity index is 1.96. The number of hydrogen-bond acceptors (Lipinski definition) is 2. The summed E-state index contributed by atoms with van der Waals surface area (Å²) in [5.41, 5.74) is 1.30. The molecule has 0 saturated carbocycles. The van der Waals surface area contributed by atoms with E-state index in [2.05, 4.69) is 17.4 Å². The standard InChI is InChI=1S/C11H13NO/c13-11-7-10(12-8-11)6-9-4-2-1-3-5-9/h1-5,10,12H,6-8H2. The minimum atomic E-state index is 0.334. The maximum absolute atomic E-state index is 11.0. The number of hydrogen-bond donors (Lipinski definition) is 1. The van der Waals surface area contributed by atoms with Crippen molar-refractivity contribution in [3.8, 4) is 0 Å². The molecule has 0 aromatic heterocycles. The Hall–Kier alpha value is -1.15. The zero-order valence-electron chi connectivity index (χ0n) is 7.49. The Morgan fingerprint density at radius 2 is 2.08 bits per heavy atom. The van der Waals surface area contributed by atoms with E-state index in [4.69, 9.17) is 0 Å². The minimum Gasteiger partial charge on any atom is -0.306 e. The summed E-state index contributed by atoms with van der Waals surface area (Å²) < 4.78 is 0. The van der Waals surface area contributed by atoms with Gasteiger partial charge in [0, 0.05) is 12.5 Å². The molecule has 2 rings (SSSR count). The number of rotatable bonds is 2. The van der Waals surface area contributed by atoms with E-state index in [1.807, 2.05) is 18.2 Å². The average Bonchev–Trinajstić information content (AvgIpc) is 2.53. The van der Waals surface area contributed by atoms with Gasteiger partial charge in [0.1, 0.15) is 5.78 Å². The van der Waals surface area contributed by atoms with Crippen LogP contribution in [0.4, 0.5) is 0 Å². The van der Waals surface area contributed by atoms with Crippen molar-refractivity contribution in [3.63, 3.8) is 0 Å². The largest absolute Gasteiger partial charge is 0.306 e. The number of ketones is 1. The van der Waals surface area contributed by atoms with Crippen molar-refractivity contribution in [2.75, 3.05) is 6.54 Å². The second-order valence-corrected chi connectivity index (χ2v) is 3.51. The van der Waals surface area contributed by atoms with Crippen LogP contribution < -0.4 is 5.32 Å². The summed E-state index contributed by atoms with van der Waals surface area (Å²) in [4.78, 5) is 11.0. The van der Waals surface area contributed by atoms with Crippen LogP contribution >= 0.6 is 0 Å². The molecule has 1 unspecified atom stereocenters. The second kappa shape index (κ2) is 3.71. The second-order valence-electron chi connectivity index (χ2n) is 3.51. The third-order valence-corrected chi connectivity index (χ3v) is 2.39. The fourth-order valence-electron chi connectivity index (χ4n) is 1.72. The Morgan fingerprint density at radius 1 is 1.31 bits per heavy atom. The number of nitrogens with one attached hydrogen (secondary N) is 1. The normalized spacial score (nSPS) is 22.2. The summed E-state index contributed by atoms with van der Waals surface area (Å²) in [5, 5.41) is 3.21. The molecule has 1 aromatic rings. The van der Waals surface area contributed by atoms with Crippen molar-refractivity contribution in [2.45, 2.75) is 18.9 Å². The first-order valence-electron chi connectivity index (χ1n) is 4.63. The average molecular weight is 175 g/mol. The van der Waals surface area contributed by atoms with Crippen molar-refractivity contribution in [2.24, 2.45) is 0 Å². The zero-order valence-corrected chi connectivity index (χ0v) is 7.49. The van der Waals surface area contributed by atoms with Gasteiger partial charge in [-0.25, -0.2) is 0 Å². The quantitative estimate of drug-likeness (QED) is 0.730. The molecule has 13 heavy (non-hydrogen) atoms. The van der Waals surface area contributed by atoms with E-state index in [1.54, 1.807) is 0 Å². The van der Waals surface area contributed by atoms with Crippen LogP contribution in [0.3, 0.4) is 0 Å². The molecule has 1 atom stereocenters. The Kier molecular flexibility index (Phi) is 2.41. The molecule has 2 nitrogen and oxygen atoms in total. The first kappa shape index (κ1) is 8.45. The van der Waals surface area contributed by atoms with Gasteiger partial charge in [-0.2, -0.15) is 0 Å². The summed E-state index contributed by atoms with van der Waals surface area (Å²) in [6, 6.07) is 10.6. The third-order valence-electron chi connectivity index (χ3n) is 2.39. The number of carbonyl (C=O) groups is 1. The SMILES string of the molecule is O=C1CNC(Cc2ccccc2)C1. The highest BCUT2D eigenvalue weighted by Gasteiger charge is 2.20. The van der Waals surface area contributed by atoms with E-state index in [0.29, 0.717) is 24.8 Å². The predicted octanol–water partition coefficient (Wildman–Crippen LogP) is 1.16. The number of carbonyl (C=O) groups excluding carboxylic acids is 1. The third kappa shape index (κ3) is 2.16. The highest BCUT2D eigenvalue weighted by Crippen LogP contribution is 2.09. The molecule has 1 aliphatic heterocycles. The lowest BCUT2D eigenvalue weighted by molar-refractivity contribution is -0.116. The fourth-order valence-corrected chi connectivity index (χ4v) is 1.72. The molecule has 0 amide bonds. The lowest BCUT2D eigenvalue weighted by Crippen LogP contribution is -2.23. The molecule has 1 N–H and O–H groups in total. The summed E-state index contributed by atoms with van der Waals surface area (Å²) in [6.07, 6.45) is 1.65. The van der Waals surface area contributed by atoms with Crippen LogP contribution in [0.15, 0.2) is 30.3 Å². The summed E-state index contributed by atoms with van der Waals surface area (Å²) in [7, 11) is 0. The van der Waals surface area contributed by atoms with Crippen LogP contribution in [0, 0.1) is 0 Å². The first-order valence-corrected chi connectivity index (χ1v) is 4.63. The molecule has 68 valence electrons. The predicted molar refractivity (Wildman–Crippen MR) is 51.6 cm³/mol. The smallest absolute Gasteiger partial charge is 0.148 e. The molecule has 1 heterocycles. The first-order chi connectivity index (χ1) is 6.34. The Morgan fingerprint density at radius 3 is 2.69 bits per heavy atom. The molecule has 1 saturated heterocycles. The molecule has 2 heteroatoms. The van der Waals surface area contributed by atoms with Gasteiger partial charge < -0.3 is 5.32 Å². The van der Waals surface area contributed by atoms with Crippen LogP contribution in [0.5, 0.6) is 0 Å². The maximum Gasteiger partial charge on any atom is 0.148 e. The van der Waals surface area contributed by atoms with E-state index in [0.717, 1.165) is 6.42 Å². The summed E-state index contributed by atoms with van der Waals surface area (Å²) in [5.74, 6) is 0.334. The van der Waals surface area contributed by atoms with E-state index in [-0.39, 0.29) is 0 Å². The Labute approximate surface area is 78.0 Å². The highest BCUT2D eigenvalue weighted by atomic mass is 16.1. The molecule has 0 spiro atoms. The van der Waals surface area contributed by atoms with Gasteiger partial charge in [-0.3, -0.25) is 4.79 Å². The number of Topliss-reactive ketones (excluding diaryl/α,β-unsaturated/α-hetero) is 1. The number of benzene rings is 1. The van der Waals surface area contributed by atoms with Gasteiger partial charge >= 0.3 is 0 Å².